The van der Waals surface area contributed by atoms with Gasteiger partial charge in [0.05, 0.1) is 5.54 Å². The number of hydrogen-bond acceptors (Lipinski definition) is 1. The molecule has 0 amide bonds. The monoisotopic (exact) mass is 810 g/mol. The van der Waals surface area contributed by atoms with Crippen LogP contribution in [0.3, 0.4) is 0 Å². The molecule has 3 aliphatic rings. The molecule has 1 nitrogen and oxygen atoms in total. The summed E-state index contributed by atoms with van der Waals surface area (Å²) in [7, 11) is 0. The van der Waals surface area contributed by atoms with Gasteiger partial charge in [-0.25, -0.2) is 0 Å². The van der Waals surface area contributed by atoms with E-state index in [1.807, 2.05) is 13.8 Å². The Kier molecular flexibility index (Phi) is 14.6. The molecule has 3 atom stereocenters. The van der Waals surface area contributed by atoms with Crippen LogP contribution in [-0.4, -0.2) is 0 Å². The van der Waals surface area contributed by atoms with Crippen molar-refractivity contribution in [3.05, 3.63) is 167 Å². The summed E-state index contributed by atoms with van der Waals surface area (Å²) in [5.74, 6) is 0.557. The third kappa shape index (κ3) is 8.36. The lowest BCUT2D eigenvalue weighted by Gasteiger charge is -2.46. The van der Waals surface area contributed by atoms with E-state index in [4.69, 9.17) is 0 Å². The molecule has 3 aliphatic carbocycles. The van der Waals surface area contributed by atoms with E-state index in [2.05, 4.69) is 179 Å². The number of anilines is 2. The van der Waals surface area contributed by atoms with Crippen molar-refractivity contribution >= 4 is 22.5 Å². The Labute approximate surface area is 371 Å². The Morgan fingerprint density at radius 2 is 1.13 bits per heavy atom. The van der Waals surface area contributed by atoms with Crippen molar-refractivity contribution in [2.75, 3.05) is 4.90 Å². The van der Waals surface area contributed by atoms with E-state index in [1.54, 1.807) is 22.3 Å². The van der Waals surface area contributed by atoms with Gasteiger partial charge in [0.25, 0.3) is 0 Å². The van der Waals surface area contributed by atoms with Gasteiger partial charge in [-0.2, -0.15) is 0 Å². The molecule has 1 spiro atoms. The van der Waals surface area contributed by atoms with Crippen molar-refractivity contribution in [2.45, 2.75) is 156 Å². The Bertz CT molecular complexity index is 2160. The minimum Gasteiger partial charge on any atom is -0.331 e. The molecular weight excluding hydrogens is 735 g/mol. The molecule has 1 heteroatoms. The van der Waals surface area contributed by atoms with Crippen LogP contribution in [-0.2, 0) is 11.0 Å². The van der Waals surface area contributed by atoms with Gasteiger partial charge in [0.2, 0.25) is 0 Å². The summed E-state index contributed by atoms with van der Waals surface area (Å²) in [6.45, 7) is 15.6. The molecule has 61 heavy (non-hydrogen) atoms. The van der Waals surface area contributed by atoms with Crippen molar-refractivity contribution in [2.24, 2.45) is 11.3 Å². The minimum atomic E-state index is -0.166. The molecule has 8 rings (SSSR count). The van der Waals surface area contributed by atoms with Gasteiger partial charge in [0, 0.05) is 22.2 Å². The summed E-state index contributed by atoms with van der Waals surface area (Å²) in [6.07, 6.45) is 24.0. The van der Waals surface area contributed by atoms with Gasteiger partial charge < -0.3 is 4.90 Å². The number of nitrogens with zero attached hydrogens (tertiary/aromatic N) is 1. The van der Waals surface area contributed by atoms with Gasteiger partial charge in [-0.1, -0.05) is 221 Å². The predicted octanol–water partition coefficient (Wildman–Crippen LogP) is 18.0. The molecule has 1 fully saturated rings. The zero-order valence-electron chi connectivity index (χ0n) is 38.9. The van der Waals surface area contributed by atoms with Crippen LogP contribution in [0.2, 0.25) is 0 Å². The first kappa shape index (κ1) is 44.4. The highest BCUT2D eigenvalue weighted by Crippen LogP contribution is 2.81. The van der Waals surface area contributed by atoms with Crippen LogP contribution in [0.4, 0.5) is 11.4 Å². The van der Waals surface area contributed by atoms with Crippen molar-refractivity contribution < 1.29 is 0 Å². The molecule has 1 saturated carbocycles. The predicted molar refractivity (Wildman–Crippen MR) is 267 cm³/mol. The average Bonchev–Trinajstić information content (AvgIpc) is 4.04. The summed E-state index contributed by atoms with van der Waals surface area (Å²) < 4.78 is 0. The first-order chi connectivity index (χ1) is 30.0. The van der Waals surface area contributed by atoms with Crippen LogP contribution in [0.15, 0.2) is 140 Å². The molecule has 0 aliphatic heterocycles. The summed E-state index contributed by atoms with van der Waals surface area (Å²) in [4.78, 5) is 2.65. The number of allylic oxidation sites excluding steroid dienone is 4. The van der Waals surface area contributed by atoms with E-state index in [0.29, 0.717) is 5.92 Å². The molecule has 5 aromatic carbocycles. The highest BCUT2D eigenvalue weighted by Gasteiger charge is 2.72. The fourth-order valence-corrected chi connectivity index (χ4v) is 11.8. The Morgan fingerprint density at radius 3 is 1.69 bits per heavy atom. The second kappa shape index (κ2) is 20.0. The molecule has 5 aromatic rings. The lowest BCUT2D eigenvalue weighted by molar-refractivity contribution is 0.248. The summed E-state index contributed by atoms with van der Waals surface area (Å²) in [6, 6.07) is 49.0. The van der Waals surface area contributed by atoms with Crippen molar-refractivity contribution in [3.63, 3.8) is 0 Å². The fourth-order valence-electron chi connectivity index (χ4n) is 11.8. The van der Waals surface area contributed by atoms with Crippen LogP contribution >= 0.6 is 0 Å². The van der Waals surface area contributed by atoms with Gasteiger partial charge in [0.15, 0.2) is 0 Å². The number of rotatable bonds is 20. The van der Waals surface area contributed by atoms with Crippen LogP contribution in [0.25, 0.3) is 22.3 Å². The van der Waals surface area contributed by atoms with Crippen LogP contribution < -0.4 is 4.90 Å². The standard InChI is InChI=1S/C58H69N.C2H6/c1-6-10-13-21-39-56(40-22-14-11-7-2)54-42-47(45-29-27-44(5)28-30-45)33-36-52(54)53-38-37-51(55-43-58(53,55)56)46-31-34-48(35-32-46)57(9-4,41-12-8-3)59(49-23-17-15-18-24-49)50-25-19-16-20-26-50;1-2/h15-20,23-38,42,55H,6-14,21-22,39-41,43H2,1-5H3;1-2H3. The smallest absolute Gasteiger partial charge is 0.0699 e. The highest BCUT2D eigenvalue weighted by atomic mass is 15.2. The van der Waals surface area contributed by atoms with E-state index < -0.39 is 0 Å². The maximum absolute atomic E-state index is 2.66. The van der Waals surface area contributed by atoms with Crippen molar-refractivity contribution in [1.29, 1.82) is 0 Å². The maximum Gasteiger partial charge on any atom is 0.0699 e. The minimum absolute atomic E-state index is 0.166. The number of hydrogen-bond donors (Lipinski definition) is 0. The largest absolute Gasteiger partial charge is 0.331 e. The Morgan fingerprint density at radius 1 is 0.574 bits per heavy atom. The lowest BCUT2D eigenvalue weighted by Crippen LogP contribution is -2.43. The molecule has 0 saturated heterocycles. The summed E-state index contributed by atoms with van der Waals surface area (Å²) >= 11 is 0. The van der Waals surface area contributed by atoms with E-state index in [1.165, 1.54) is 123 Å². The molecule has 320 valence electrons. The highest BCUT2D eigenvalue weighted by molar-refractivity contribution is 5.94. The summed E-state index contributed by atoms with van der Waals surface area (Å²) in [5.41, 5.74) is 16.0. The van der Waals surface area contributed by atoms with Gasteiger partial charge >= 0.3 is 0 Å². The Balaban J connectivity index is 0.00000277. The van der Waals surface area contributed by atoms with Crippen molar-refractivity contribution in [1.82, 2.24) is 0 Å². The average molecular weight is 810 g/mol. The third-order valence-electron chi connectivity index (χ3n) is 15.0. The van der Waals surface area contributed by atoms with E-state index in [-0.39, 0.29) is 16.4 Å². The zero-order chi connectivity index (χ0) is 42.9. The van der Waals surface area contributed by atoms with Gasteiger partial charge in [-0.3, -0.25) is 0 Å². The zero-order valence-corrected chi connectivity index (χ0v) is 38.9. The van der Waals surface area contributed by atoms with Gasteiger partial charge in [0.1, 0.15) is 0 Å². The molecule has 0 N–H and O–H groups in total. The van der Waals surface area contributed by atoms with E-state index in [9.17, 15) is 0 Å². The molecule has 3 unspecified atom stereocenters. The second-order valence-electron chi connectivity index (χ2n) is 18.3. The molecular formula is C60H75N. The summed E-state index contributed by atoms with van der Waals surface area (Å²) in [5, 5.41) is 0. The van der Waals surface area contributed by atoms with E-state index in [0.717, 1.165) is 12.8 Å². The van der Waals surface area contributed by atoms with Crippen LogP contribution in [0.5, 0.6) is 0 Å². The number of aryl methyl sites for hydroxylation is 1. The van der Waals surface area contributed by atoms with Gasteiger partial charge in [-0.15, -0.1) is 0 Å². The number of fused-ring (bicyclic) bond motifs is 2. The maximum atomic E-state index is 2.66. The third-order valence-corrected chi connectivity index (χ3v) is 15.0. The molecule has 0 bridgehead atoms. The number of para-hydroxylation sites is 2. The SMILES string of the molecule is CC.CCCCCCC1(CCCCCC)c2cc(-c3ccc(C)cc3)ccc2C2=CC=C(c3ccc(C(CC)(CCCC)N(c4ccccc4)c4ccccc4)cc3)C3CC231. The lowest BCUT2D eigenvalue weighted by atomic mass is 9.62. The molecule has 0 heterocycles. The van der Waals surface area contributed by atoms with Crippen LogP contribution in [0, 0.1) is 18.3 Å². The fraction of sp³-hybridized carbons (Fsp3) is 0.433. The molecule has 0 aromatic heterocycles. The van der Waals surface area contributed by atoms with Crippen LogP contribution in [0.1, 0.15) is 166 Å². The second-order valence-corrected chi connectivity index (χ2v) is 18.3. The number of unbranched alkanes of at least 4 members (excludes halogenated alkanes) is 7. The first-order valence-electron chi connectivity index (χ1n) is 24.6. The van der Waals surface area contributed by atoms with Gasteiger partial charge in [-0.05, 0) is 120 Å². The Hall–Kier alpha value is -4.62. The normalized spacial score (nSPS) is 19.0. The van der Waals surface area contributed by atoms with Crippen molar-refractivity contribution in [3.8, 4) is 11.1 Å². The topological polar surface area (TPSA) is 3.24 Å². The number of benzene rings is 5. The quantitative estimate of drug-likeness (QED) is 0.0708. The van der Waals surface area contributed by atoms with E-state index >= 15 is 0 Å². The molecule has 0 radical (unpaired) electrons. The first-order valence-corrected chi connectivity index (χ1v) is 24.6.